The molecule has 0 fully saturated rings. The number of alkyl halides is 1. The van der Waals surface area contributed by atoms with E-state index in [9.17, 15) is 23.6 Å². The van der Waals surface area contributed by atoms with E-state index in [2.05, 4.69) is 5.32 Å². The van der Waals surface area contributed by atoms with Crippen molar-refractivity contribution in [3.63, 3.8) is 0 Å². The van der Waals surface area contributed by atoms with E-state index >= 15 is 0 Å². The van der Waals surface area contributed by atoms with Crippen molar-refractivity contribution in [2.24, 2.45) is 0 Å². The number of thioether (sulfide) groups is 1. The molecule has 32 heavy (non-hydrogen) atoms. The highest BCUT2D eigenvalue weighted by Gasteiger charge is 2.28. The fraction of sp³-hybridized carbons (Fsp3) is 0.455. The molecule has 0 aliphatic heterocycles. The monoisotopic (exact) mass is 484 g/mol. The molecule has 7 nitrogen and oxygen atoms in total. The second-order valence-corrected chi connectivity index (χ2v) is 9.60. The van der Waals surface area contributed by atoms with Gasteiger partial charge < -0.3 is 14.6 Å². The summed E-state index contributed by atoms with van der Waals surface area (Å²) < 4.78 is 19.5. The molecule has 2 rings (SSSR count). The maximum atomic E-state index is 13.1. The van der Waals surface area contributed by atoms with E-state index < -0.39 is 46.9 Å². The maximum absolute atomic E-state index is 13.1. The van der Waals surface area contributed by atoms with Gasteiger partial charge in [-0.1, -0.05) is 18.5 Å². The van der Waals surface area contributed by atoms with E-state index in [0.717, 1.165) is 11.8 Å². The summed E-state index contributed by atoms with van der Waals surface area (Å²) in [6, 6.07) is 5.54. The fourth-order valence-corrected chi connectivity index (χ4v) is 4.01. The van der Waals surface area contributed by atoms with Crippen molar-refractivity contribution >= 4 is 51.8 Å². The number of benzene rings is 1. The average Bonchev–Trinajstić information content (AvgIpc) is 2.71. The van der Waals surface area contributed by atoms with Crippen molar-refractivity contribution in [2.75, 3.05) is 12.4 Å². The fourth-order valence-electron chi connectivity index (χ4n) is 3.02. The molecule has 1 unspecified atom stereocenters. The average molecular weight is 485 g/mol. The van der Waals surface area contributed by atoms with Crippen molar-refractivity contribution in [1.82, 2.24) is 9.88 Å². The first kappa shape index (κ1) is 25.9. The van der Waals surface area contributed by atoms with E-state index in [0.29, 0.717) is 15.8 Å². The zero-order chi connectivity index (χ0) is 24.1. The Kier molecular flexibility index (Phi) is 8.86. The van der Waals surface area contributed by atoms with E-state index in [1.807, 2.05) is 0 Å². The Bertz CT molecular complexity index is 1070. The minimum absolute atomic E-state index is 0.248. The van der Waals surface area contributed by atoms with Gasteiger partial charge in [0.15, 0.2) is 12.5 Å². The van der Waals surface area contributed by atoms with Crippen LogP contribution in [0.15, 0.2) is 35.3 Å². The zero-order valence-corrected chi connectivity index (χ0v) is 19.9. The molecule has 1 aromatic heterocycles. The second kappa shape index (κ2) is 11.0. The van der Waals surface area contributed by atoms with Crippen LogP contribution < -0.4 is 10.9 Å². The lowest BCUT2D eigenvalue weighted by Crippen LogP contribution is -2.45. The van der Waals surface area contributed by atoms with Crippen LogP contribution in [0.5, 0.6) is 0 Å². The number of carbonyl (C=O) groups is 3. The molecule has 0 radical (unpaired) electrons. The molecule has 174 valence electrons. The lowest BCUT2D eigenvalue weighted by atomic mass is 10.1. The lowest BCUT2D eigenvalue weighted by molar-refractivity contribution is -0.151. The number of carbonyl (C=O) groups excluding carboxylic acids is 3. The van der Waals surface area contributed by atoms with Gasteiger partial charge >= 0.3 is 5.97 Å². The first-order chi connectivity index (χ1) is 15.0. The van der Waals surface area contributed by atoms with E-state index in [1.165, 1.54) is 10.8 Å². The highest BCUT2D eigenvalue weighted by molar-refractivity contribution is 8.01. The number of rotatable bonds is 9. The number of halogens is 2. The summed E-state index contributed by atoms with van der Waals surface area (Å²) >= 11 is 6.73. The molecule has 1 heterocycles. The molecule has 1 N–H and O–H groups in total. The van der Waals surface area contributed by atoms with Crippen LogP contribution in [0.4, 0.5) is 4.39 Å². The number of amides is 1. The van der Waals surface area contributed by atoms with Gasteiger partial charge in [0.25, 0.3) is 5.56 Å². The smallest absolute Gasteiger partial charge is 0.316 e. The van der Waals surface area contributed by atoms with Crippen LogP contribution in [0.25, 0.3) is 10.8 Å². The van der Waals surface area contributed by atoms with Crippen molar-refractivity contribution < 1.29 is 23.5 Å². The highest BCUT2D eigenvalue weighted by atomic mass is 35.5. The molecule has 0 aliphatic carbocycles. The van der Waals surface area contributed by atoms with Gasteiger partial charge in [0.1, 0.15) is 17.0 Å². The topological polar surface area (TPSA) is 94.5 Å². The van der Waals surface area contributed by atoms with Crippen LogP contribution in [0.2, 0.25) is 5.02 Å². The Labute approximate surface area is 194 Å². The third-order valence-electron chi connectivity index (χ3n) is 4.40. The van der Waals surface area contributed by atoms with Gasteiger partial charge in [-0.2, -0.15) is 0 Å². The number of ether oxygens (including phenoxy) is 1. The molecule has 10 heteroatoms. The van der Waals surface area contributed by atoms with Crippen LogP contribution in [0.1, 0.15) is 40.2 Å². The number of ketones is 1. The molecule has 2 atom stereocenters. The summed E-state index contributed by atoms with van der Waals surface area (Å²) in [5, 5.41) is 2.68. The molecule has 0 bridgehead atoms. The molecular formula is C22H26ClFN2O5S. The molecule has 2 aromatic rings. The number of nitrogens with zero attached hydrogens (tertiary/aromatic N) is 1. The molecule has 0 saturated heterocycles. The number of fused-ring (bicyclic) bond motifs is 1. The second-order valence-electron chi connectivity index (χ2n) is 8.07. The lowest BCUT2D eigenvalue weighted by Gasteiger charge is -2.23. The third kappa shape index (κ3) is 6.80. The Morgan fingerprint density at radius 3 is 2.53 bits per heavy atom. The molecule has 1 aromatic carbocycles. The standard InChI is InChI=1S/C22H26ClFN2O5S/c1-5-16(26-9-8-13-10-14(23)6-7-15(13)21(26)30)19(29)25-20(17(27)11-24)32-12-18(28)31-22(2,3)4/h6-10,16,20H,5,11-12H2,1-4H3,(H,25,29)/t16-,20?/m0/s1. The number of nitrogens with one attached hydrogen (secondary N) is 1. The van der Waals surface area contributed by atoms with Crippen molar-refractivity contribution in [3.8, 4) is 0 Å². The number of hydrogen-bond acceptors (Lipinski definition) is 6. The SMILES string of the molecule is CC[C@@H](C(=O)NC(SCC(=O)OC(C)(C)C)C(=O)CF)n1ccc2cc(Cl)ccc2c1=O. The van der Waals surface area contributed by atoms with E-state index in [-0.39, 0.29) is 12.2 Å². The number of pyridine rings is 1. The van der Waals surface area contributed by atoms with Crippen LogP contribution in [-0.4, -0.2) is 45.6 Å². The number of esters is 1. The van der Waals surface area contributed by atoms with E-state index in [4.69, 9.17) is 16.3 Å². The summed E-state index contributed by atoms with van der Waals surface area (Å²) in [5.74, 6) is -2.36. The van der Waals surface area contributed by atoms with Crippen molar-refractivity contribution in [3.05, 3.63) is 45.8 Å². The van der Waals surface area contributed by atoms with Crippen LogP contribution in [0.3, 0.4) is 0 Å². The first-order valence-electron chi connectivity index (χ1n) is 9.99. The van der Waals surface area contributed by atoms with Gasteiger partial charge in [0, 0.05) is 16.6 Å². The van der Waals surface area contributed by atoms with Crippen LogP contribution >= 0.6 is 23.4 Å². The number of hydrogen-bond donors (Lipinski definition) is 1. The summed E-state index contributed by atoms with van der Waals surface area (Å²) in [5.41, 5.74) is -1.11. The predicted octanol–water partition coefficient (Wildman–Crippen LogP) is 3.66. The highest BCUT2D eigenvalue weighted by Crippen LogP contribution is 2.20. The Balaban J connectivity index is 2.22. The minimum Gasteiger partial charge on any atom is -0.459 e. The number of Topliss-reactive ketones (excluding diaryl/α,β-unsaturated/α-hetero) is 1. The zero-order valence-electron chi connectivity index (χ0n) is 18.3. The van der Waals surface area contributed by atoms with Gasteiger partial charge in [0.05, 0.1) is 5.75 Å². The van der Waals surface area contributed by atoms with Crippen LogP contribution in [-0.2, 0) is 19.1 Å². The first-order valence-corrected chi connectivity index (χ1v) is 11.4. The van der Waals surface area contributed by atoms with Gasteiger partial charge in [0.2, 0.25) is 5.91 Å². The van der Waals surface area contributed by atoms with Gasteiger partial charge in [-0.05, 0) is 56.8 Å². The van der Waals surface area contributed by atoms with Crippen molar-refractivity contribution in [2.45, 2.75) is 51.1 Å². The molecule has 0 spiro atoms. The van der Waals surface area contributed by atoms with Gasteiger partial charge in [-0.15, -0.1) is 11.8 Å². The quantitative estimate of drug-likeness (QED) is 0.431. The Hall–Kier alpha value is -2.39. The van der Waals surface area contributed by atoms with Gasteiger partial charge in [-0.25, -0.2) is 4.39 Å². The Morgan fingerprint density at radius 1 is 1.25 bits per heavy atom. The van der Waals surface area contributed by atoms with Gasteiger partial charge in [-0.3, -0.25) is 19.2 Å². The third-order valence-corrected chi connectivity index (χ3v) is 5.76. The Morgan fingerprint density at radius 2 is 1.94 bits per heavy atom. The predicted molar refractivity (Wildman–Crippen MR) is 124 cm³/mol. The summed E-state index contributed by atoms with van der Waals surface area (Å²) in [7, 11) is 0. The maximum Gasteiger partial charge on any atom is 0.316 e. The largest absolute Gasteiger partial charge is 0.459 e. The number of aromatic nitrogens is 1. The molecular weight excluding hydrogens is 459 g/mol. The normalized spacial score (nSPS) is 13.4. The summed E-state index contributed by atoms with van der Waals surface area (Å²) in [4.78, 5) is 49.8. The molecule has 0 saturated carbocycles. The summed E-state index contributed by atoms with van der Waals surface area (Å²) in [6.07, 6.45) is 1.73. The molecule has 0 aliphatic rings. The van der Waals surface area contributed by atoms with Crippen molar-refractivity contribution in [1.29, 1.82) is 0 Å². The molecule has 1 amide bonds. The van der Waals surface area contributed by atoms with E-state index in [1.54, 1.807) is 52.0 Å². The summed E-state index contributed by atoms with van der Waals surface area (Å²) in [6.45, 7) is 5.50. The minimum atomic E-state index is -1.31. The van der Waals surface area contributed by atoms with Crippen LogP contribution in [0, 0.1) is 0 Å².